The lowest BCUT2D eigenvalue weighted by atomic mass is 9.90. The normalized spacial score (nSPS) is 15.9. The second kappa shape index (κ2) is 8.28. The van der Waals surface area contributed by atoms with Crippen LogP contribution in [0, 0.1) is 15.2 Å². The summed E-state index contributed by atoms with van der Waals surface area (Å²) in [4.78, 5) is 12.7. The number of nitrogens with one attached hydrogen (secondary N) is 1. The fourth-order valence-corrected chi connectivity index (χ4v) is 3.55. The van der Waals surface area contributed by atoms with Gasteiger partial charge < -0.3 is 5.32 Å². The number of hydrazone groups is 1. The molecule has 3 aromatic rings. The van der Waals surface area contributed by atoms with Crippen LogP contribution in [0.3, 0.4) is 0 Å². The van der Waals surface area contributed by atoms with Crippen molar-refractivity contribution in [3.63, 3.8) is 0 Å². The van der Waals surface area contributed by atoms with Gasteiger partial charge >= 0.3 is 6.03 Å². The molecule has 1 unspecified atom stereocenters. The van der Waals surface area contributed by atoms with E-state index in [1.807, 2.05) is 24.3 Å². The first-order valence-corrected chi connectivity index (χ1v) is 10.0. The second-order valence-electron chi connectivity index (χ2n) is 6.62. The van der Waals surface area contributed by atoms with Crippen LogP contribution in [-0.2, 0) is 0 Å². The Kier molecular flexibility index (Phi) is 5.57. The summed E-state index contributed by atoms with van der Waals surface area (Å²) in [5.74, 6) is -0.928. The Hall–Kier alpha value is -2.81. The summed E-state index contributed by atoms with van der Waals surface area (Å²) < 4.78 is 27.8. The molecule has 1 atom stereocenters. The maximum Gasteiger partial charge on any atom is 0.342 e. The molecule has 1 aliphatic rings. The lowest BCUT2D eigenvalue weighted by Gasteiger charge is -2.16. The molecular formula is C22H16F2IN3O. The van der Waals surface area contributed by atoms with E-state index in [1.54, 1.807) is 24.3 Å². The molecule has 0 aliphatic carbocycles. The zero-order chi connectivity index (χ0) is 20.4. The predicted octanol–water partition coefficient (Wildman–Crippen LogP) is 5.61. The number of anilines is 1. The number of rotatable bonds is 3. The lowest BCUT2D eigenvalue weighted by molar-refractivity contribution is 0.218. The van der Waals surface area contributed by atoms with Crippen molar-refractivity contribution in [1.82, 2.24) is 5.01 Å². The molecular weight excluding hydrogens is 487 g/mol. The van der Waals surface area contributed by atoms with Gasteiger partial charge in [0, 0.05) is 15.2 Å². The molecule has 1 heterocycles. The first-order valence-electron chi connectivity index (χ1n) is 8.93. The Morgan fingerprint density at radius 1 is 0.931 bits per heavy atom. The number of halogens is 3. The van der Waals surface area contributed by atoms with Crippen molar-refractivity contribution >= 4 is 40.0 Å². The van der Waals surface area contributed by atoms with Crippen molar-refractivity contribution in [3.05, 3.63) is 99.1 Å². The van der Waals surface area contributed by atoms with Gasteiger partial charge in [-0.2, -0.15) is 5.10 Å². The van der Waals surface area contributed by atoms with Gasteiger partial charge in [0.25, 0.3) is 0 Å². The fraction of sp³-hybridized carbons (Fsp3) is 0.0909. The number of hydrogen-bond acceptors (Lipinski definition) is 2. The van der Waals surface area contributed by atoms with Crippen LogP contribution < -0.4 is 5.32 Å². The summed E-state index contributed by atoms with van der Waals surface area (Å²) in [7, 11) is 0. The summed E-state index contributed by atoms with van der Waals surface area (Å²) in [6.45, 7) is 0.300. The quantitative estimate of drug-likeness (QED) is 0.465. The molecule has 146 valence electrons. The Labute approximate surface area is 180 Å². The van der Waals surface area contributed by atoms with E-state index in [2.05, 4.69) is 33.0 Å². The Morgan fingerprint density at radius 3 is 2.14 bits per heavy atom. The maximum atomic E-state index is 13.4. The minimum Gasteiger partial charge on any atom is -0.306 e. The van der Waals surface area contributed by atoms with E-state index in [-0.39, 0.29) is 23.6 Å². The molecule has 4 nitrogen and oxygen atoms in total. The predicted molar refractivity (Wildman–Crippen MR) is 117 cm³/mol. The average molecular weight is 503 g/mol. The van der Waals surface area contributed by atoms with Crippen LogP contribution in [-0.4, -0.2) is 23.3 Å². The number of amides is 2. The van der Waals surface area contributed by atoms with Crippen LogP contribution in [0.1, 0.15) is 17.0 Å². The van der Waals surface area contributed by atoms with Crippen molar-refractivity contribution in [1.29, 1.82) is 0 Å². The first kappa shape index (κ1) is 19.5. The first-order chi connectivity index (χ1) is 14.0. The zero-order valence-corrected chi connectivity index (χ0v) is 17.3. The van der Waals surface area contributed by atoms with Crippen LogP contribution in [0.4, 0.5) is 19.3 Å². The third-order valence-corrected chi connectivity index (χ3v) is 5.38. The topological polar surface area (TPSA) is 44.7 Å². The Morgan fingerprint density at radius 2 is 1.52 bits per heavy atom. The molecule has 0 saturated heterocycles. The molecule has 0 aromatic heterocycles. The molecule has 0 fully saturated rings. The van der Waals surface area contributed by atoms with E-state index in [1.165, 1.54) is 29.3 Å². The molecule has 3 aromatic carbocycles. The summed E-state index contributed by atoms with van der Waals surface area (Å²) in [6, 6.07) is 19.2. The van der Waals surface area contributed by atoms with Crippen LogP contribution in [0.25, 0.3) is 0 Å². The van der Waals surface area contributed by atoms with E-state index >= 15 is 0 Å². The molecule has 0 radical (unpaired) electrons. The van der Waals surface area contributed by atoms with Crippen molar-refractivity contribution < 1.29 is 13.6 Å². The number of urea groups is 1. The van der Waals surface area contributed by atoms with Gasteiger partial charge in [-0.25, -0.2) is 18.6 Å². The average Bonchev–Trinajstić information content (AvgIpc) is 3.16. The van der Waals surface area contributed by atoms with Crippen molar-refractivity contribution in [2.24, 2.45) is 5.10 Å². The van der Waals surface area contributed by atoms with Gasteiger partial charge in [0.1, 0.15) is 11.6 Å². The Balaban J connectivity index is 1.63. The molecule has 1 aliphatic heterocycles. The van der Waals surface area contributed by atoms with Crippen LogP contribution >= 0.6 is 22.6 Å². The van der Waals surface area contributed by atoms with E-state index < -0.39 is 0 Å². The third kappa shape index (κ3) is 4.45. The molecule has 0 saturated carbocycles. The number of benzene rings is 3. The molecule has 4 rings (SSSR count). The van der Waals surface area contributed by atoms with E-state index in [9.17, 15) is 13.6 Å². The molecule has 0 spiro atoms. The monoisotopic (exact) mass is 503 g/mol. The van der Waals surface area contributed by atoms with Crippen LogP contribution in [0.5, 0.6) is 0 Å². The highest BCUT2D eigenvalue weighted by atomic mass is 127. The van der Waals surface area contributed by atoms with Crippen molar-refractivity contribution in [2.45, 2.75) is 5.92 Å². The number of carbonyl (C=O) groups excluding carboxylic acids is 1. The van der Waals surface area contributed by atoms with Crippen LogP contribution in [0.2, 0.25) is 0 Å². The van der Waals surface area contributed by atoms with Crippen molar-refractivity contribution in [3.8, 4) is 0 Å². The van der Waals surface area contributed by atoms with Gasteiger partial charge in [-0.15, -0.1) is 0 Å². The number of carbonyl (C=O) groups is 1. The zero-order valence-electron chi connectivity index (χ0n) is 15.1. The maximum absolute atomic E-state index is 13.4. The largest absolute Gasteiger partial charge is 0.342 e. The summed E-state index contributed by atoms with van der Waals surface area (Å²) in [5.41, 5.74) is 2.85. The van der Waals surface area contributed by atoms with Gasteiger partial charge in [-0.1, -0.05) is 24.3 Å². The molecule has 2 amide bonds. The standard InChI is InChI=1S/C22H16F2IN3O/c23-16-5-1-14(2-6-16)20-13-28(22(29)26-19-11-9-18(25)10-12-19)27-21(20)15-3-7-17(24)8-4-15/h1-12,20H,13H2,(H,26,29). The fourth-order valence-electron chi connectivity index (χ4n) is 3.19. The van der Waals surface area contributed by atoms with E-state index in [0.717, 1.165) is 9.13 Å². The molecule has 0 bridgehead atoms. The minimum atomic E-state index is -0.365. The van der Waals surface area contributed by atoms with Gasteiger partial charge in [-0.05, 0) is 82.2 Å². The third-order valence-electron chi connectivity index (χ3n) is 4.66. The lowest BCUT2D eigenvalue weighted by Crippen LogP contribution is -2.30. The second-order valence-corrected chi connectivity index (χ2v) is 7.86. The van der Waals surface area contributed by atoms with Gasteiger partial charge in [0.15, 0.2) is 0 Å². The highest BCUT2D eigenvalue weighted by Gasteiger charge is 2.32. The van der Waals surface area contributed by atoms with Gasteiger partial charge in [-0.3, -0.25) is 0 Å². The SMILES string of the molecule is O=C(Nc1ccc(I)cc1)N1CC(c2ccc(F)cc2)C(c2ccc(F)cc2)=N1. The smallest absolute Gasteiger partial charge is 0.306 e. The van der Waals surface area contributed by atoms with E-state index in [0.29, 0.717) is 23.5 Å². The highest BCUT2D eigenvalue weighted by molar-refractivity contribution is 14.1. The summed E-state index contributed by atoms with van der Waals surface area (Å²) in [5, 5.41) is 8.68. The van der Waals surface area contributed by atoms with Crippen LogP contribution in [0.15, 0.2) is 77.9 Å². The number of hydrogen-bond donors (Lipinski definition) is 1. The number of nitrogens with zero attached hydrogens (tertiary/aromatic N) is 2. The molecule has 29 heavy (non-hydrogen) atoms. The Bertz CT molecular complexity index is 1050. The summed E-state index contributed by atoms with van der Waals surface area (Å²) >= 11 is 2.19. The summed E-state index contributed by atoms with van der Waals surface area (Å²) in [6.07, 6.45) is 0. The van der Waals surface area contributed by atoms with Crippen molar-refractivity contribution in [2.75, 3.05) is 11.9 Å². The molecule has 7 heteroatoms. The van der Waals surface area contributed by atoms with Gasteiger partial charge in [0.2, 0.25) is 0 Å². The molecule has 1 N–H and O–H groups in total. The van der Waals surface area contributed by atoms with Gasteiger partial charge in [0.05, 0.1) is 12.3 Å². The minimum absolute atomic E-state index is 0.247. The highest BCUT2D eigenvalue weighted by Crippen LogP contribution is 2.29. The van der Waals surface area contributed by atoms with E-state index in [4.69, 9.17) is 0 Å².